The van der Waals surface area contributed by atoms with E-state index in [1.165, 1.54) is 7.11 Å². The maximum atomic E-state index is 13.7. The van der Waals surface area contributed by atoms with Crippen molar-refractivity contribution >= 4 is 0 Å². The third-order valence-corrected chi connectivity index (χ3v) is 2.75. The molecule has 0 amide bonds. The molecule has 0 radical (unpaired) electrons. The van der Waals surface area contributed by atoms with E-state index in [2.05, 4.69) is 0 Å². The second kappa shape index (κ2) is 5.16. The van der Waals surface area contributed by atoms with Crippen LogP contribution in [0, 0.1) is 12.7 Å². The van der Waals surface area contributed by atoms with E-state index >= 15 is 0 Å². The lowest BCUT2D eigenvalue weighted by Crippen LogP contribution is -2.06. The summed E-state index contributed by atoms with van der Waals surface area (Å²) in [5, 5.41) is 9.74. The van der Waals surface area contributed by atoms with Gasteiger partial charge in [-0.25, -0.2) is 0 Å². The van der Waals surface area contributed by atoms with Crippen molar-refractivity contribution in [1.82, 2.24) is 0 Å². The summed E-state index contributed by atoms with van der Waals surface area (Å²) < 4.78 is 18.6. The molecule has 0 bridgehead atoms. The van der Waals surface area contributed by atoms with Crippen molar-refractivity contribution in [3.05, 3.63) is 23.0 Å². The van der Waals surface area contributed by atoms with E-state index in [9.17, 15) is 9.50 Å². The number of hydrogen-bond donors (Lipinski definition) is 2. The summed E-state index contributed by atoms with van der Waals surface area (Å²) in [6.45, 7) is 4.17. The quantitative estimate of drug-likeness (QED) is 0.829. The monoisotopic (exact) mass is 227 g/mol. The van der Waals surface area contributed by atoms with Crippen LogP contribution in [0.15, 0.2) is 6.07 Å². The highest BCUT2D eigenvalue weighted by atomic mass is 19.1. The van der Waals surface area contributed by atoms with E-state index in [1.807, 2.05) is 6.92 Å². The molecule has 0 saturated carbocycles. The van der Waals surface area contributed by atoms with E-state index in [-0.39, 0.29) is 17.4 Å². The van der Waals surface area contributed by atoms with E-state index in [1.54, 1.807) is 13.0 Å². The van der Waals surface area contributed by atoms with Crippen LogP contribution in [0.5, 0.6) is 11.5 Å². The number of rotatable bonds is 4. The van der Waals surface area contributed by atoms with Crippen LogP contribution in [0.25, 0.3) is 0 Å². The second-order valence-electron chi connectivity index (χ2n) is 3.96. The van der Waals surface area contributed by atoms with Crippen LogP contribution < -0.4 is 10.5 Å². The minimum atomic E-state index is -0.693. The lowest BCUT2D eigenvalue weighted by atomic mass is 9.94. The number of nitrogens with two attached hydrogens (primary N) is 1. The SMILES string of the molecule is COc1c(C)cc(C(C)CCN)c(O)c1F. The zero-order valence-electron chi connectivity index (χ0n) is 9.88. The molecule has 1 unspecified atom stereocenters. The van der Waals surface area contributed by atoms with Crippen LogP contribution >= 0.6 is 0 Å². The fourth-order valence-electron chi connectivity index (χ4n) is 1.81. The predicted molar refractivity (Wildman–Crippen MR) is 61.4 cm³/mol. The van der Waals surface area contributed by atoms with Crippen LogP contribution in [0.3, 0.4) is 0 Å². The van der Waals surface area contributed by atoms with Gasteiger partial charge in [-0.15, -0.1) is 0 Å². The average molecular weight is 227 g/mol. The Morgan fingerprint density at radius 3 is 2.69 bits per heavy atom. The molecule has 0 aliphatic heterocycles. The van der Waals surface area contributed by atoms with Gasteiger partial charge in [-0.1, -0.05) is 6.92 Å². The summed E-state index contributed by atoms with van der Waals surface area (Å²) >= 11 is 0. The molecule has 0 saturated heterocycles. The van der Waals surface area contributed by atoms with Crippen molar-refractivity contribution in [3.8, 4) is 11.5 Å². The molecular weight excluding hydrogens is 209 g/mol. The number of ether oxygens (including phenoxy) is 1. The van der Waals surface area contributed by atoms with Crippen LogP contribution in [-0.4, -0.2) is 18.8 Å². The molecule has 0 spiro atoms. The Labute approximate surface area is 95.0 Å². The summed E-state index contributed by atoms with van der Waals surface area (Å²) in [5.41, 5.74) is 6.71. The van der Waals surface area contributed by atoms with Crippen molar-refractivity contribution in [1.29, 1.82) is 0 Å². The molecule has 16 heavy (non-hydrogen) atoms. The van der Waals surface area contributed by atoms with Gasteiger partial charge in [-0.3, -0.25) is 0 Å². The number of benzene rings is 1. The second-order valence-corrected chi connectivity index (χ2v) is 3.96. The van der Waals surface area contributed by atoms with Crippen molar-refractivity contribution in [2.75, 3.05) is 13.7 Å². The minimum absolute atomic E-state index is 0.0316. The topological polar surface area (TPSA) is 55.5 Å². The molecule has 3 nitrogen and oxygen atoms in total. The van der Waals surface area contributed by atoms with Gasteiger partial charge in [0.15, 0.2) is 11.5 Å². The molecule has 90 valence electrons. The summed E-state index contributed by atoms with van der Waals surface area (Å²) in [4.78, 5) is 0. The maximum absolute atomic E-state index is 13.7. The summed E-state index contributed by atoms with van der Waals surface area (Å²) in [6.07, 6.45) is 0.707. The molecule has 4 heteroatoms. The predicted octanol–water partition coefficient (Wildman–Crippen LogP) is 2.30. The Morgan fingerprint density at radius 2 is 2.19 bits per heavy atom. The molecule has 1 rings (SSSR count). The molecule has 0 fully saturated rings. The van der Waals surface area contributed by atoms with Gasteiger partial charge >= 0.3 is 0 Å². The zero-order chi connectivity index (χ0) is 12.3. The highest BCUT2D eigenvalue weighted by molar-refractivity contribution is 5.48. The summed E-state index contributed by atoms with van der Waals surface area (Å²) in [6, 6.07) is 1.75. The Morgan fingerprint density at radius 1 is 1.56 bits per heavy atom. The standard InChI is InChI=1S/C12H18FNO2/c1-7(4-5-14)9-6-8(2)12(16-3)10(13)11(9)15/h6-7,15H,4-5,14H2,1-3H3. The summed E-state index contributed by atoms with van der Waals surface area (Å²) in [5.74, 6) is -0.893. The molecule has 0 aliphatic rings. The van der Waals surface area contributed by atoms with Crippen LogP contribution in [0.4, 0.5) is 4.39 Å². The molecule has 1 atom stereocenters. The van der Waals surface area contributed by atoms with Crippen LogP contribution in [0.2, 0.25) is 0 Å². The Balaban J connectivity index is 3.22. The van der Waals surface area contributed by atoms with Crippen molar-refractivity contribution in [3.63, 3.8) is 0 Å². The molecule has 1 aromatic rings. The number of methoxy groups -OCH3 is 1. The van der Waals surface area contributed by atoms with Gasteiger partial charge in [0.25, 0.3) is 0 Å². The Kier molecular flexibility index (Phi) is 4.12. The van der Waals surface area contributed by atoms with Gasteiger partial charge in [0.1, 0.15) is 0 Å². The van der Waals surface area contributed by atoms with Crippen molar-refractivity contribution in [2.45, 2.75) is 26.2 Å². The molecule has 0 heterocycles. The third-order valence-electron chi connectivity index (χ3n) is 2.75. The van der Waals surface area contributed by atoms with E-state index in [0.29, 0.717) is 24.1 Å². The minimum Gasteiger partial charge on any atom is -0.505 e. The Bertz CT molecular complexity index is 380. The highest BCUT2D eigenvalue weighted by Gasteiger charge is 2.19. The normalized spacial score (nSPS) is 12.6. The average Bonchev–Trinajstić information content (AvgIpc) is 2.24. The number of hydrogen-bond acceptors (Lipinski definition) is 3. The van der Waals surface area contributed by atoms with Gasteiger partial charge in [0, 0.05) is 5.56 Å². The number of aryl methyl sites for hydroxylation is 1. The fourth-order valence-corrected chi connectivity index (χ4v) is 1.81. The van der Waals surface area contributed by atoms with E-state index < -0.39 is 5.82 Å². The van der Waals surface area contributed by atoms with Gasteiger partial charge < -0.3 is 15.6 Å². The molecule has 0 aromatic heterocycles. The molecule has 1 aromatic carbocycles. The highest BCUT2D eigenvalue weighted by Crippen LogP contribution is 2.37. The first kappa shape index (κ1) is 12.8. The molecule has 0 aliphatic carbocycles. The first-order valence-corrected chi connectivity index (χ1v) is 5.28. The first-order chi connectivity index (χ1) is 7.52. The summed E-state index contributed by atoms with van der Waals surface area (Å²) in [7, 11) is 1.38. The third kappa shape index (κ3) is 2.27. The lowest BCUT2D eigenvalue weighted by Gasteiger charge is -2.16. The number of halogens is 1. The van der Waals surface area contributed by atoms with Crippen molar-refractivity contribution < 1.29 is 14.2 Å². The number of aromatic hydroxyl groups is 1. The lowest BCUT2D eigenvalue weighted by molar-refractivity contribution is 0.357. The molecular formula is C12H18FNO2. The maximum Gasteiger partial charge on any atom is 0.207 e. The smallest absolute Gasteiger partial charge is 0.207 e. The van der Waals surface area contributed by atoms with Crippen LogP contribution in [0.1, 0.15) is 30.4 Å². The van der Waals surface area contributed by atoms with E-state index in [0.717, 1.165) is 0 Å². The first-order valence-electron chi connectivity index (χ1n) is 5.28. The van der Waals surface area contributed by atoms with Gasteiger partial charge in [-0.05, 0) is 37.4 Å². The largest absolute Gasteiger partial charge is 0.505 e. The number of phenols is 1. The molecule has 3 N–H and O–H groups in total. The Hall–Kier alpha value is -1.29. The number of phenolic OH excluding ortho intramolecular Hbond substituents is 1. The van der Waals surface area contributed by atoms with E-state index in [4.69, 9.17) is 10.5 Å². The fraction of sp³-hybridized carbons (Fsp3) is 0.500. The van der Waals surface area contributed by atoms with Crippen LogP contribution in [-0.2, 0) is 0 Å². The van der Waals surface area contributed by atoms with Gasteiger partial charge in [0.05, 0.1) is 7.11 Å². The van der Waals surface area contributed by atoms with Gasteiger partial charge in [0.2, 0.25) is 5.82 Å². The zero-order valence-corrected chi connectivity index (χ0v) is 9.88. The van der Waals surface area contributed by atoms with Gasteiger partial charge in [-0.2, -0.15) is 4.39 Å². The van der Waals surface area contributed by atoms with Crippen molar-refractivity contribution in [2.24, 2.45) is 5.73 Å².